The Bertz CT molecular complexity index is 1420. The zero-order chi connectivity index (χ0) is 29.5. The molecule has 2 aliphatic rings. The molecule has 0 unspecified atom stereocenters. The Labute approximate surface area is 239 Å². The van der Waals surface area contributed by atoms with E-state index < -0.39 is 11.3 Å². The molecule has 3 aromatic heterocycles. The van der Waals surface area contributed by atoms with Gasteiger partial charge in [-0.3, -0.25) is 9.48 Å². The number of nitrogens with zero attached hydrogens (tertiary/aromatic N) is 6. The number of aromatic nitrogens is 5. The summed E-state index contributed by atoms with van der Waals surface area (Å²) in [5.41, 5.74) is 2.87. The summed E-state index contributed by atoms with van der Waals surface area (Å²) in [6, 6.07) is 5.66. The van der Waals surface area contributed by atoms with Gasteiger partial charge in [-0.25, -0.2) is 15.0 Å². The van der Waals surface area contributed by atoms with E-state index in [9.17, 15) is 13.6 Å². The first-order valence-electron chi connectivity index (χ1n) is 14.2. The Kier molecular flexibility index (Phi) is 7.71. The van der Waals surface area contributed by atoms with E-state index in [2.05, 4.69) is 49.8 Å². The number of pyridine rings is 1. The SMILES string of the molecule is CC(C)NCCNc1ccc(-c2cc(C(C)(F)F)nn2C)nc1C1CCN(c2ncnc3c2C(C)(C)C(=O)N3)CC1. The summed E-state index contributed by atoms with van der Waals surface area (Å²) in [5.74, 6) is -1.59. The average molecular weight is 568 g/mol. The molecule has 0 atom stereocenters. The monoisotopic (exact) mass is 567 g/mol. The number of rotatable bonds is 9. The van der Waals surface area contributed by atoms with Gasteiger partial charge in [0, 0.05) is 52.1 Å². The highest BCUT2D eigenvalue weighted by Crippen LogP contribution is 2.43. The number of carbonyl (C=O) groups excluding carboxylic acids is 1. The van der Waals surface area contributed by atoms with Gasteiger partial charge in [-0.15, -0.1) is 0 Å². The van der Waals surface area contributed by atoms with Crippen molar-refractivity contribution in [2.24, 2.45) is 7.05 Å². The molecule has 3 aromatic rings. The van der Waals surface area contributed by atoms with E-state index in [1.165, 1.54) is 17.1 Å². The van der Waals surface area contributed by atoms with Crippen LogP contribution in [0.3, 0.4) is 0 Å². The van der Waals surface area contributed by atoms with Gasteiger partial charge in [0.2, 0.25) is 5.91 Å². The number of nitrogens with one attached hydrogen (secondary N) is 3. The smallest absolute Gasteiger partial charge is 0.288 e. The fraction of sp³-hybridized carbons (Fsp3) is 0.552. The van der Waals surface area contributed by atoms with E-state index >= 15 is 0 Å². The first kappa shape index (κ1) is 28.8. The summed E-state index contributed by atoms with van der Waals surface area (Å²) in [5, 5.41) is 13.9. The van der Waals surface area contributed by atoms with Crippen molar-refractivity contribution in [1.29, 1.82) is 0 Å². The molecule has 3 N–H and O–H groups in total. The van der Waals surface area contributed by atoms with Crippen molar-refractivity contribution in [2.45, 2.75) is 70.8 Å². The molecule has 0 bridgehead atoms. The summed E-state index contributed by atoms with van der Waals surface area (Å²) < 4.78 is 29.5. The van der Waals surface area contributed by atoms with Gasteiger partial charge in [-0.2, -0.15) is 13.9 Å². The van der Waals surface area contributed by atoms with E-state index in [0.717, 1.165) is 68.7 Å². The lowest BCUT2D eigenvalue weighted by molar-refractivity contribution is -0.119. The standard InChI is InChI=1S/C29H39F2N9O/c1-17(2)32-11-12-33-20-8-7-19(21-15-22(29(5,30)31)38-39(21)6)36-24(20)18-9-13-40(14-10-18)26-23-25(34-16-35-26)37-27(41)28(23,3)4/h7-8,15-18,32-33H,9-14H2,1-6H3,(H,34,35,37,41). The highest BCUT2D eigenvalue weighted by Gasteiger charge is 2.43. The molecule has 2 aliphatic heterocycles. The van der Waals surface area contributed by atoms with Crippen LogP contribution in [0, 0.1) is 0 Å². The van der Waals surface area contributed by atoms with Gasteiger partial charge in [0.15, 0.2) is 0 Å². The maximum Gasteiger partial charge on any atom is 0.288 e. The first-order chi connectivity index (χ1) is 19.4. The Morgan fingerprint density at radius 3 is 2.56 bits per heavy atom. The molecule has 1 amide bonds. The average Bonchev–Trinajstić information content (AvgIpc) is 3.43. The van der Waals surface area contributed by atoms with E-state index in [1.807, 2.05) is 26.0 Å². The predicted molar refractivity (Wildman–Crippen MR) is 156 cm³/mol. The van der Waals surface area contributed by atoms with Crippen molar-refractivity contribution >= 4 is 23.2 Å². The maximum atomic E-state index is 14.0. The number of hydrogen-bond donors (Lipinski definition) is 3. The van der Waals surface area contributed by atoms with Gasteiger partial charge >= 0.3 is 0 Å². The largest absolute Gasteiger partial charge is 0.382 e. The maximum absolute atomic E-state index is 14.0. The van der Waals surface area contributed by atoms with Crippen molar-refractivity contribution in [3.05, 3.63) is 41.5 Å². The van der Waals surface area contributed by atoms with E-state index in [1.54, 1.807) is 7.05 Å². The minimum absolute atomic E-state index is 0.0769. The van der Waals surface area contributed by atoms with Crippen LogP contribution in [0.15, 0.2) is 24.5 Å². The molecule has 5 heterocycles. The van der Waals surface area contributed by atoms with Crippen molar-refractivity contribution < 1.29 is 13.6 Å². The van der Waals surface area contributed by atoms with Crippen LogP contribution in [0.1, 0.15) is 70.3 Å². The Hall–Kier alpha value is -3.67. The summed E-state index contributed by atoms with van der Waals surface area (Å²) in [6.07, 6.45) is 3.14. The Morgan fingerprint density at radius 2 is 1.90 bits per heavy atom. The van der Waals surface area contributed by atoms with Gasteiger partial charge in [-0.1, -0.05) is 13.8 Å². The number of carbonyl (C=O) groups is 1. The van der Waals surface area contributed by atoms with Crippen molar-refractivity contribution in [3.8, 4) is 11.4 Å². The zero-order valence-corrected chi connectivity index (χ0v) is 24.6. The lowest BCUT2D eigenvalue weighted by Gasteiger charge is -2.35. The molecule has 0 saturated carbocycles. The van der Waals surface area contributed by atoms with Crippen LogP contribution in [0.4, 0.5) is 26.1 Å². The predicted octanol–water partition coefficient (Wildman–Crippen LogP) is 4.41. The normalized spacial score (nSPS) is 17.2. The number of amides is 1. The third-order valence-corrected chi connectivity index (χ3v) is 7.94. The lowest BCUT2D eigenvalue weighted by atomic mass is 9.86. The third kappa shape index (κ3) is 5.74. The van der Waals surface area contributed by atoms with Gasteiger partial charge in [-0.05, 0) is 44.9 Å². The molecular formula is C29H39F2N9O. The number of anilines is 3. The summed E-state index contributed by atoms with van der Waals surface area (Å²) >= 11 is 0. The third-order valence-electron chi connectivity index (χ3n) is 7.94. The van der Waals surface area contributed by atoms with Crippen LogP contribution in [-0.2, 0) is 23.2 Å². The van der Waals surface area contributed by atoms with Crippen LogP contribution >= 0.6 is 0 Å². The molecule has 0 spiro atoms. The highest BCUT2D eigenvalue weighted by atomic mass is 19.3. The van der Waals surface area contributed by atoms with Gasteiger partial charge in [0.1, 0.15) is 23.7 Å². The second-order valence-electron chi connectivity index (χ2n) is 11.9. The molecule has 0 aliphatic carbocycles. The lowest BCUT2D eigenvalue weighted by Crippen LogP contribution is -2.36. The zero-order valence-electron chi connectivity index (χ0n) is 24.6. The minimum atomic E-state index is -3.04. The molecule has 1 saturated heterocycles. The minimum Gasteiger partial charge on any atom is -0.382 e. The van der Waals surface area contributed by atoms with E-state index in [0.29, 0.717) is 23.2 Å². The molecule has 0 aromatic carbocycles. The Morgan fingerprint density at radius 1 is 1.17 bits per heavy atom. The molecule has 41 heavy (non-hydrogen) atoms. The molecule has 0 radical (unpaired) electrons. The summed E-state index contributed by atoms with van der Waals surface area (Å²) in [6.45, 7) is 11.9. The molecule has 220 valence electrons. The van der Waals surface area contributed by atoms with Gasteiger partial charge in [0.25, 0.3) is 5.92 Å². The second-order valence-corrected chi connectivity index (χ2v) is 11.9. The second kappa shape index (κ2) is 11.0. The molecule has 5 rings (SSSR count). The highest BCUT2D eigenvalue weighted by molar-refractivity contribution is 6.06. The van der Waals surface area contributed by atoms with Crippen LogP contribution in [0.25, 0.3) is 11.4 Å². The van der Waals surface area contributed by atoms with Gasteiger partial charge < -0.3 is 20.9 Å². The fourth-order valence-electron chi connectivity index (χ4n) is 5.59. The van der Waals surface area contributed by atoms with E-state index in [4.69, 9.17) is 4.98 Å². The fourth-order valence-corrected chi connectivity index (χ4v) is 5.59. The first-order valence-corrected chi connectivity index (χ1v) is 14.2. The van der Waals surface area contributed by atoms with Crippen molar-refractivity contribution in [3.63, 3.8) is 0 Å². The Balaban J connectivity index is 1.41. The number of aryl methyl sites for hydroxylation is 1. The molecule has 10 nitrogen and oxygen atoms in total. The number of fused-ring (bicyclic) bond motifs is 1. The molecule has 12 heteroatoms. The number of hydrogen-bond acceptors (Lipinski definition) is 8. The summed E-state index contributed by atoms with van der Waals surface area (Å²) in [7, 11) is 1.66. The van der Waals surface area contributed by atoms with Crippen LogP contribution < -0.4 is 20.9 Å². The van der Waals surface area contributed by atoms with Crippen LogP contribution in [-0.4, -0.2) is 62.9 Å². The van der Waals surface area contributed by atoms with E-state index in [-0.39, 0.29) is 17.5 Å². The number of halogens is 2. The van der Waals surface area contributed by atoms with Crippen LogP contribution in [0.2, 0.25) is 0 Å². The number of piperidine rings is 1. The van der Waals surface area contributed by atoms with Crippen molar-refractivity contribution in [2.75, 3.05) is 41.7 Å². The topological polar surface area (TPSA) is 113 Å². The summed E-state index contributed by atoms with van der Waals surface area (Å²) in [4.78, 5) is 28.7. The van der Waals surface area contributed by atoms with Crippen LogP contribution in [0.5, 0.6) is 0 Å². The molecule has 1 fully saturated rings. The number of alkyl halides is 2. The molecular weight excluding hydrogens is 528 g/mol. The van der Waals surface area contributed by atoms with Gasteiger partial charge in [0.05, 0.1) is 33.7 Å². The van der Waals surface area contributed by atoms with Crippen molar-refractivity contribution in [1.82, 2.24) is 30.0 Å². The quantitative estimate of drug-likeness (QED) is 0.326.